The van der Waals surface area contributed by atoms with E-state index in [1.54, 1.807) is 12.1 Å². The number of rotatable bonds is 7. The molecule has 4 aromatic rings. The van der Waals surface area contributed by atoms with E-state index in [2.05, 4.69) is 20.8 Å². The Morgan fingerprint density at radius 3 is 2.62 bits per heavy atom. The Kier molecular flexibility index (Phi) is 5.86. The second-order valence-electron chi connectivity index (χ2n) is 8.42. The molecule has 1 aromatic heterocycles. The molecule has 2 amide bonds. The number of hydrogen-bond acceptors (Lipinski definition) is 5. The van der Waals surface area contributed by atoms with Crippen molar-refractivity contribution in [2.75, 3.05) is 13.1 Å². The number of aromatic nitrogens is 4. The summed E-state index contributed by atoms with van der Waals surface area (Å²) in [4.78, 5) is 27.8. The highest BCUT2D eigenvalue weighted by Gasteiger charge is 2.29. The monoisotopic (exact) mass is 452 g/mol. The average Bonchev–Trinajstić information content (AvgIpc) is 3.51. The molecule has 8 nitrogen and oxygen atoms in total. The molecule has 5 rings (SSSR count). The number of carbonyl (C=O) groups is 2. The lowest BCUT2D eigenvalue weighted by Gasteiger charge is -2.24. The van der Waals surface area contributed by atoms with Crippen LogP contribution in [0, 0.1) is 6.92 Å². The molecule has 8 heteroatoms. The third-order valence-electron chi connectivity index (χ3n) is 6.18. The van der Waals surface area contributed by atoms with Crippen molar-refractivity contribution in [2.45, 2.75) is 19.4 Å². The van der Waals surface area contributed by atoms with Gasteiger partial charge in [0, 0.05) is 36.7 Å². The Morgan fingerprint density at radius 1 is 1.06 bits per heavy atom. The van der Waals surface area contributed by atoms with Crippen molar-refractivity contribution in [3.05, 3.63) is 107 Å². The van der Waals surface area contributed by atoms with Gasteiger partial charge in [0.15, 0.2) is 0 Å². The largest absolute Gasteiger partial charge is 0.351 e. The summed E-state index contributed by atoms with van der Waals surface area (Å²) >= 11 is 0. The van der Waals surface area contributed by atoms with E-state index in [9.17, 15) is 9.59 Å². The summed E-state index contributed by atoms with van der Waals surface area (Å²) in [5.41, 5.74) is 5.10. The number of benzene rings is 3. The number of hydrogen-bond donors (Lipinski definition) is 1. The number of nitrogens with one attached hydrogen (secondary N) is 1. The third kappa shape index (κ3) is 4.30. The maximum absolute atomic E-state index is 13.0. The van der Waals surface area contributed by atoms with Crippen molar-refractivity contribution < 1.29 is 9.59 Å². The highest BCUT2D eigenvalue weighted by atomic mass is 16.2. The van der Waals surface area contributed by atoms with Crippen LogP contribution < -0.4 is 5.32 Å². The second-order valence-corrected chi connectivity index (χ2v) is 8.42. The van der Waals surface area contributed by atoms with Crippen molar-refractivity contribution in [1.29, 1.82) is 0 Å². The van der Waals surface area contributed by atoms with Gasteiger partial charge in [0.2, 0.25) is 0 Å². The van der Waals surface area contributed by atoms with Crippen LogP contribution >= 0.6 is 0 Å². The lowest BCUT2D eigenvalue weighted by molar-refractivity contribution is 0.0767. The molecule has 0 spiro atoms. The van der Waals surface area contributed by atoms with E-state index in [-0.39, 0.29) is 17.7 Å². The molecule has 1 aliphatic heterocycles. The quantitative estimate of drug-likeness (QED) is 0.465. The summed E-state index contributed by atoms with van der Waals surface area (Å²) in [6.07, 6.45) is 1.50. The maximum Gasteiger partial charge on any atom is 0.254 e. The van der Waals surface area contributed by atoms with Crippen molar-refractivity contribution in [3.8, 4) is 5.69 Å². The molecule has 1 N–H and O–H groups in total. The molecule has 3 aromatic carbocycles. The van der Waals surface area contributed by atoms with Gasteiger partial charge in [-0.25, -0.2) is 4.68 Å². The van der Waals surface area contributed by atoms with E-state index in [0.29, 0.717) is 25.2 Å². The topological polar surface area (TPSA) is 93.0 Å². The highest BCUT2D eigenvalue weighted by Crippen LogP contribution is 2.26. The summed E-state index contributed by atoms with van der Waals surface area (Å²) in [6.45, 7) is 3.44. The highest BCUT2D eigenvalue weighted by molar-refractivity contribution is 5.98. The smallest absolute Gasteiger partial charge is 0.254 e. The van der Waals surface area contributed by atoms with Crippen LogP contribution in [0.4, 0.5) is 0 Å². The molecule has 0 aliphatic carbocycles. The molecular formula is C26H24N6O2. The van der Waals surface area contributed by atoms with Crippen LogP contribution in [0.2, 0.25) is 0 Å². The van der Waals surface area contributed by atoms with Gasteiger partial charge in [-0.3, -0.25) is 9.59 Å². The summed E-state index contributed by atoms with van der Waals surface area (Å²) in [5.74, 6) is -0.202. The molecule has 34 heavy (non-hydrogen) atoms. The lowest BCUT2D eigenvalue weighted by Crippen LogP contribution is -2.36. The third-order valence-corrected chi connectivity index (χ3v) is 6.18. The van der Waals surface area contributed by atoms with E-state index in [0.717, 1.165) is 27.9 Å². The fourth-order valence-electron chi connectivity index (χ4n) is 4.33. The molecule has 0 radical (unpaired) electrons. The van der Waals surface area contributed by atoms with Crippen molar-refractivity contribution >= 4 is 11.8 Å². The molecule has 1 unspecified atom stereocenters. The van der Waals surface area contributed by atoms with E-state index in [4.69, 9.17) is 0 Å². The first kappa shape index (κ1) is 21.5. The minimum Gasteiger partial charge on any atom is -0.351 e. The molecule has 0 saturated heterocycles. The fraction of sp³-hybridized carbons (Fsp3) is 0.192. The van der Waals surface area contributed by atoms with Crippen LogP contribution in [-0.2, 0) is 6.54 Å². The van der Waals surface area contributed by atoms with Gasteiger partial charge in [-0.2, -0.15) is 0 Å². The number of fused-ring (bicyclic) bond motifs is 1. The Hall–Kier alpha value is -4.33. The normalized spacial score (nSPS) is 13.6. The van der Waals surface area contributed by atoms with Gasteiger partial charge in [0.05, 0.1) is 5.69 Å². The predicted octanol–water partition coefficient (Wildman–Crippen LogP) is 3.14. The van der Waals surface area contributed by atoms with Gasteiger partial charge in [0.1, 0.15) is 6.33 Å². The zero-order chi connectivity index (χ0) is 23.5. The Labute approximate surface area is 197 Å². The van der Waals surface area contributed by atoms with E-state index in [1.807, 2.05) is 72.5 Å². The molecule has 1 aliphatic rings. The van der Waals surface area contributed by atoms with E-state index in [1.165, 1.54) is 11.0 Å². The van der Waals surface area contributed by atoms with Crippen LogP contribution in [-0.4, -0.2) is 50.0 Å². The predicted molar refractivity (Wildman–Crippen MR) is 127 cm³/mol. The van der Waals surface area contributed by atoms with Crippen LogP contribution in [0.25, 0.3) is 5.69 Å². The van der Waals surface area contributed by atoms with Gasteiger partial charge in [-0.15, -0.1) is 5.10 Å². The van der Waals surface area contributed by atoms with Gasteiger partial charge in [-0.05, 0) is 52.2 Å². The summed E-state index contributed by atoms with van der Waals surface area (Å²) < 4.78 is 1.54. The molecule has 1 atom stereocenters. The Bertz CT molecular complexity index is 1320. The maximum atomic E-state index is 13.0. The lowest BCUT2D eigenvalue weighted by atomic mass is 9.98. The fourth-order valence-corrected chi connectivity index (χ4v) is 4.33. The van der Waals surface area contributed by atoms with Crippen LogP contribution in [0.15, 0.2) is 79.1 Å². The molecular weight excluding hydrogens is 428 g/mol. The van der Waals surface area contributed by atoms with E-state index >= 15 is 0 Å². The zero-order valence-electron chi connectivity index (χ0n) is 18.8. The minimum absolute atomic E-state index is 0.0347. The standard InChI is InChI=1S/C26H24N6O2/c1-18-11-12-20(13-24(18)32-17-28-29-30-32)25(33)27-14-22(19-7-3-2-4-8-19)16-31-15-21-9-5-6-10-23(21)26(31)34/h2-13,17,22H,14-16H2,1H3,(H,27,33). The molecule has 170 valence electrons. The Morgan fingerprint density at radius 2 is 1.85 bits per heavy atom. The Balaban J connectivity index is 1.33. The summed E-state index contributed by atoms with van der Waals surface area (Å²) in [6, 6.07) is 23.1. The van der Waals surface area contributed by atoms with Crippen molar-refractivity contribution in [1.82, 2.24) is 30.4 Å². The first-order valence-electron chi connectivity index (χ1n) is 11.1. The number of amides is 2. The molecule has 0 saturated carbocycles. The zero-order valence-corrected chi connectivity index (χ0v) is 18.8. The summed E-state index contributed by atoms with van der Waals surface area (Å²) in [7, 11) is 0. The van der Waals surface area contributed by atoms with Crippen molar-refractivity contribution in [3.63, 3.8) is 0 Å². The van der Waals surface area contributed by atoms with Gasteiger partial charge in [-0.1, -0.05) is 54.6 Å². The second kappa shape index (κ2) is 9.27. The minimum atomic E-state index is -0.189. The first-order chi connectivity index (χ1) is 16.6. The SMILES string of the molecule is Cc1ccc(C(=O)NCC(CN2Cc3ccccc3C2=O)c2ccccc2)cc1-n1cnnn1. The van der Waals surface area contributed by atoms with Crippen molar-refractivity contribution in [2.24, 2.45) is 0 Å². The first-order valence-corrected chi connectivity index (χ1v) is 11.1. The molecule has 0 fully saturated rings. The average molecular weight is 453 g/mol. The van der Waals surface area contributed by atoms with Gasteiger partial charge >= 0.3 is 0 Å². The van der Waals surface area contributed by atoms with Gasteiger partial charge in [0.25, 0.3) is 11.8 Å². The molecule has 0 bridgehead atoms. The van der Waals surface area contributed by atoms with Crippen LogP contribution in [0.3, 0.4) is 0 Å². The van der Waals surface area contributed by atoms with Crippen LogP contribution in [0.1, 0.15) is 43.3 Å². The number of nitrogens with zero attached hydrogens (tertiary/aromatic N) is 5. The summed E-state index contributed by atoms with van der Waals surface area (Å²) in [5, 5.41) is 14.3. The number of aryl methyl sites for hydroxylation is 1. The number of carbonyl (C=O) groups excluding carboxylic acids is 2. The van der Waals surface area contributed by atoms with Gasteiger partial charge < -0.3 is 10.2 Å². The van der Waals surface area contributed by atoms with E-state index < -0.39 is 0 Å². The number of tetrazole rings is 1. The molecule has 2 heterocycles. The van der Waals surface area contributed by atoms with Crippen LogP contribution in [0.5, 0.6) is 0 Å².